The number of hydrogen-bond acceptors (Lipinski definition) is 4. The standard InChI is InChI=1S/C8H8N4S/c13-7(8-9-11-12-10-8)6-4-2-1-3-5-6/h1-5,7,13H,(H,9,10,11,12). The molecule has 0 fully saturated rings. The van der Waals surface area contributed by atoms with Gasteiger partial charge in [-0.2, -0.15) is 17.8 Å². The largest absolute Gasteiger partial charge is 0.191 e. The molecule has 2 rings (SSSR count). The van der Waals surface area contributed by atoms with E-state index < -0.39 is 0 Å². The van der Waals surface area contributed by atoms with Crippen LogP contribution in [0.4, 0.5) is 0 Å². The number of H-pyrrole nitrogens is 1. The zero-order valence-corrected chi connectivity index (χ0v) is 7.65. The Kier molecular flexibility index (Phi) is 2.27. The summed E-state index contributed by atoms with van der Waals surface area (Å²) in [5, 5.41) is 13.5. The van der Waals surface area contributed by atoms with Crippen LogP contribution in [-0.2, 0) is 0 Å². The van der Waals surface area contributed by atoms with Crippen LogP contribution in [0.15, 0.2) is 30.3 Å². The minimum absolute atomic E-state index is 0.111. The lowest BCUT2D eigenvalue weighted by atomic mass is 10.1. The molecular formula is C8H8N4S. The molecule has 1 aromatic carbocycles. The van der Waals surface area contributed by atoms with Gasteiger partial charge in [-0.05, 0) is 5.56 Å². The van der Waals surface area contributed by atoms with Gasteiger partial charge in [-0.25, -0.2) is 0 Å². The van der Waals surface area contributed by atoms with Gasteiger partial charge >= 0.3 is 0 Å². The molecule has 5 heteroatoms. The van der Waals surface area contributed by atoms with E-state index in [1.54, 1.807) is 0 Å². The predicted molar refractivity (Wildman–Crippen MR) is 51.4 cm³/mol. The third-order valence-electron chi connectivity index (χ3n) is 1.72. The van der Waals surface area contributed by atoms with Crippen LogP contribution in [0.5, 0.6) is 0 Å². The number of nitrogens with one attached hydrogen (secondary N) is 1. The summed E-state index contributed by atoms with van der Waals surface area (Å²) in [6.07, 6.45) is 0. The summed E-state index contributed by atoms with van der Waals surface area (Å²) < 4.78 is 0. The monoisotopic (exact) mass is 192 g/mol. The molecule has 13 heavy (non-hydrogen) atoms. The Labute approximate surface area is 80.8 Å². The van der Waals surface area contributed by atoms with Gasteiger partial charge in [0.2, 0.25) is 0 Å². The lowest BCUT2D eigenvalue weighted by Gasteiger charge is -2.04. The molecule has 1 heterocycles. The zero-order valence-electron chi connectivity index (χ0n) is 6.75. The fourth-order valence-corrected chi connectivity index (χ4v) is 1.35. The average Bonchev–Trinajstić information content (AvgIpc) is 2.71. The van der Waals surface area contributed by atoms with E-state index in [-0.39, 0.29) is 5.25 Å². The number of tetrazole rings is 1. The number of aromatic nitrogens is 4. The Morgan fingerprint density at radius 3 is 2.62 bits per heavy atom. The lowest BCUT2D eigenvalue weighted by Crippen LogP contribution is -1.95. The van der Waals surface area contributed by atoms with E-state index in [1.807, 2.05) is 30.3 Å². The summed E-state index contributed by atoms with van der Waals surface area (Å²) in [7, 11) is 0. The van der Waals surface area contributed by atoms with Crippen molar-refractivity contribution in [2.45, 2.75) is 5.25 Å². The van der Waals surface area contributed by atoms with Crippen LogP contribution in [0.2, 0.25) is 0 Å². The van der Waals surface area contributed by atoms with Gasteiger partial charge in [0.1, 0.15) is 0 Å². The molecule has 0 bridgehead atoms. The molecule has 0 spiro atoms. The van der Waals surface area contributed by atoms with E-state index >= 15 is 0 Å². The minimum Gasteiger partial charge on any atom is -0.177 e. The molecule has 0 radical (unpaired) electrons. The fraction of sp³-hybridized carbons (Fsp3) is 0.125. The van der Waals surface area contributed by atoms with Gasteiger partial charge in [0.05, 0.1) is 5.25 Å². The Balaban J connectivity index is 2.29. The van der Waals surface area contributed by atoms with Crippen LogP contribution in [-0.4, -0.2) is 20.6 Å². The van der Waals surface area contributed by atoms with Gasteiger partial charge < -0.3 is 0 Å². The van der Waals surface area contributed by atoms with Crippen molar-refractivity contribution in [1.29, 1.82) is 0 Å². The quantitative estimate of drug-likeness (QED) is 0.703. The molecule has 66 valence electrons. The molecule has 0 saturated heterocycles. The molecule has 1 unspecified atom stereocenters. The van der Waals surface area contributed by atoms with Crippen LogP contribution in [0, 0.1) is 0 Å². The Bertz CT molecular complexity index is 359. The number of benzene rings is 1. The third-order valence-corrected chi connectivity index (χ3v) is 2.25. The highest BCUT2D eigenvalue weighted by molar-refractivity contribution is 7.80. The van der Waals surface area contributed by atoms with Gasteiger partial charge in [0.15, 0.2) is 5.82 Å². The fourth-order valence-electron chi connectivity index (χ4n) is 1.07. The first-order chi connectivity index (χ1) is 6.38. The minimum atomic E-state index is -0.111. The first kappa shape index (κ1) is 8.25. The van der Waals surface area contributed by atoms with Crippen LogP contribution in [0.3, 0.4) is 0 Å². The van der Waals surface area contributed by atoms with Crippen molar-refractivity contribution in [2.75, 3.05) is 0 Å². The molecule has 4 nitrogen and oxygen atoms in total. The summed E-state index contributed by atoms with van der Waals surface area (Å²) in [4.78, 5) is 0. The van der Waals surface area contributed by atoms with Crippen molar-refractivity contribution >= 4 is 12.6 Å². The van der Waals surface area contributed by atoms with E-state index in [1.165, 1.54) is 0 Å². The van der Waals surface area contributed by atoms with Crippen molar-refractivity contribution in [1.82, 2.24) is 20.6 Å². The van der Waals surface area contributed by atoms with Crippen LogP contribution in [0.25, 0.3) is 0 Å². The van der Waals surface area contributed by atoms with E-state index in [2.05, 4.69) is 33.3 Å². The van der Waals surface area contributed by atoms with Gasteiger partial charge in [0, 0.05) is 0 Å². The Morgan fingerprint density at radius 2 is 2.00 bits per heavy atom. The van der Waals surface area contributed by atoms with Crippen LogP contribution >= 0.6 is 12.6 Å². The summed E-state index contributed by atoms with van der Waals surface area (Å²) in [5.41, 5.74) is 1.06. The Morgan fingerprint density at radius 1 is 1.23 bits per heavy atom. The molecule has 0 aliphatic rings. The van der Waals surface area contributed by atoms with Gasteiger partial charge in [-0.1, -0.05) is 35.5 Å². The van der Waals surface area contributed by atoms with Crippen molar-refractivity contribution < 1.29 is 0 Å². The molecule has 1 N–H and O–H groups in total. The average molecular weight is 192 g/mol. The SMILES string of the molecule is SC(c1ccccc1)c1nn[nH]n1. The summed E-state index contributed by atoms with van der Waals surface area (Å²) in [5.74, 6) is 0.592. The second-order valence-electron chi connectivity index (χ2n) is 2.58. The van der Waals surface area contributed by atoms with E-state index in [4.69, 9.17) is 0 Å². The summed E-state index contributed by atoms with van der Waals surface area (Å²) in [6.45, 7) is 0. The molecule has 0 saturated carbocycles. The molecule has 1 aromatic heterocycles. The first-order valence-corrected chi connectivity index (χ1v) is 4.36. The van der Waals surface area contributed by atoms with Crippen molar-refractivity contribution in [3.05, 3.63) is 41.7 Å². The number of thiol groups is 1. The van der Waals surface area contributed by atoms with E-state index in [0.29, 0.717) is 5.82 Å². The molecule has 0 aliphatic heterocycles. The normalized spacial score (nSPS) is 12.7. The van der Waals surface area contributed by atoms with Crippen LogP contribution in [0.1, 0.15) is 16.6 Å². The molecule has 1 atom stereocenters. The van der Waals surface area contributed by atoms with Gasteiger partial charge in [-0.15, -0.1) is 10.2 Å². The van der Waals surface area contributed by atoms with Gasteiger partial charge in [-0.3, -0.25) is 0 Å². The highest BCUT2D eigenvalue weighted by Gasteiger charge is 2.12. The molecular weight excluding hydrogens is 184 g/mol. The third kappa shape index (κ3) is 1.70. The molecule has 2 aromatic rings. The zero-order chi connectivity index (χ0) is 9.10. The maximum Gasteiger partial charge on any atom is 0.191 e. The number of nitrogens with zero attached hydrogens (tertiary/aromatic N) is 3. The van der Waals surface area contributed by atoms with Crippen molar-refractivity contribution in [3.63, 3.8) is 0 Å². The number of rotatable bonds is 2. The van der Waals surface area contributed by atoms with Crippen LogP contribution < -0.4 is 0 Å². The lowest BCUT2D eigenvalue weighted by molar-refractivity contribution is 0.881. The first-order valence-electron chi connectivity index (χ1n) is 3.84. The maximum atomic E-state index is 4.39. The molecule has 0 amide bonds. The van der Waals surface area contributed by atoms with Crippen molar-refractivity contribution in [2.24, 2.45) is 0 Å². The summed E-state index contributed by atoms with van der Waals surface area (Å²) >= 11 is 4.39. The number of aromatic amines is 1. The predicted octanol–water partition coefficient (Wildman–Crippen LogP) is 1.22. The smallest absolute Gasteiger partial charge is 0.177 e. The molecule has 0 aliphatic carbocycles. The highest BCUT2D eigenvalue weighted by atomic mass is 32.1. The second-order valence-corrected chi connectivity index (χ2v) is 3.10. The van der Waals surface area contributed by atoms with E-state index in [9.17, 15) is 0 Å². The topological polar surface area (TPSA) is 54.5 Å². The Hall–Kier alpha value is -1.36. The van der Waals surface area contributed by atoms with E-state index in [0.717, 1.165) is 5.56 Å². The summed E-state index contributed by atoms with van der Waals surface area (Å²) in [6, 6.07) is 9.83. The maximum absolute atomic E-state index is 4.39. The van der Waals surface area contributed by atoms with Crippen molar-refractivity contribution in [3.8, 4) is 0 Å². The number of hydrogen-bond donors (Lipinski definition) is 2. The highest BCUT2D eigenvalue weighted by Crippen LogP contribution is 2.23. The second kappa shape index (κ2) is 3.57. The van der Waals surface area contributed by atoms with Gasteiger partial charge in [0.25, 0.3) is 0 Å².